The largest absolute Gasteiger partial charge is 0.503 e. The van der Waals surface area contributed by atoms with Gasteiger partial charge >= 0.3 is 5.69 Å². The third-order valence-electron chi connectivity index (χ3n) is 4.80. The molecule has 0 saturated heterocycles. The maximum Gasteiger partial charge on any atom is 0.311 e. The number of aliphatic hydroxyl groups excluding tert-OH is 1. The van der Waals surface area contributed by atoms with E-state index in [1.807, 2.05) is 0 Å². The maximum absolute atomic E-state index is 13.9. The fraction of sp³-hybridized carbons (Fsp3) is 0.0476. The second-order valence-corrected chi connectivity index (χ2v) is 7.58. The van der Waals surface area contributed by atoms with Crippen molar-refractivity contribution < 1.29 is 29.1 Å². The lowest BCUT2D eigenvalue weighted by Gasteiger charge is -2.26. The van der Waals surface area contributed by atoms with Gasteiger partial charge < -0.3 is 10.2 Å². The first-order valence-electron chi connectivity index (χ1n) is 8.87. The van der Waals surface area contributed by atoms with Gasteiger partial charge in [0.1, 0.15) is 5.82 Å². The van der Waals surface area contributed by atoms with Crippen molar-refractivity contribution in [3.05, 3.63) is 97.7 Å². The normalized spacial score (nSPS) is 16.1. The Kier molecular flexibility index (Phi) is 4.99. The number of rotatable bonds is 5. The average molecular weight is 440 g/mol. The number of ketones is 1. The van der Waals surface area contributed by atoms with Crippen molar-refractivity contribution in [2.24, 2.45) is 0 Å². The number of phenols is 1. The summed E-state index contributed by atoms with van der Waals surface area (Å²) in [5.41, 5.74) is -0.799. The number of nitro benzene ring substituents is 1. The molecule has 1 unspecified atom stereocenters. The number of hydrogen-bond acceptors (Lipinski definition) is 7. The second kappa shape index (κ2) is 7.65. The van der Waals surface area contributed by atoms with Gasteiger partial charge in [-0.1, -0.05) is 18.2 Å². The molecular weight excluding hydrogens is 427 g/mol. The smallest absolute Gasteiger partial charge is 0.311 e. The van der Waals surface area contributed by atoms with Crippen LogP contribution in [0.4, 0.5) is 15.8 Å². The summed E-state index contributed by atoms with van der Waals surface area (Å²) in [6, 6.07) is 10.2. The Morgan fingerprint density at radius 3 is 2.55 bits per heavy atom. The average Bonchev–Trinajstić information content (AvgIpc) is 3.35. The minimum absolute atomic E-state index is 0.0475. The number of nitrogens with zero attached hydrogens (tertiary/aromatic N) is 2. The Bertz CT molecular complexity index is 1250. The Balaban J connectivity index is 1.94. The standard InChI is InChI=1S/C21H13FN2O6S/c22-12-3-1-4-13(10-12)23-18(11-6-7-15(25)14(9-11)24(29)30)17(20(27)21(23)28)19(26)16-5-2-8-31-16/h1-10,18,25,27H. The van der Waals surface area contributed by atoms with Gasteiger partial charge in [0.05, 0.1) is 21.4 Å². The Hall–Kier alpha value is -4.05. The molecule has 0 saturated carbocycles. The van der Waals surface area contributed by atoms with Crippen molar-refractivity contribution in [1.82, 2.24) is 0 Å². The van der Waals surface area contributed by atoms with Crippen LogP contribution in [0, 0.1) is 15.9 Å². The summed E-state index contributed by atoms with van der Waals surface area (Å²) < 4.78 is 13.9. The van der Waals surface area contributed by atoms with E-state index in [1.165, 1.54) is 24.3 Å². The number of nitro groups is 1. The third kappa shape index (κ3) is 3.42. The van der Waals surface area contributed by atoms with E-state index >= 15 is 0 Å². The highest BCUT2D eigenvalue weighted by atomic mass is 32.1. The van der Waals surface area contributed by atoms with E-state index in [-0.39, 0.29) is 21.7 Å². The SMILES string of the molecule is O=C(C1=C(O)C(=O)N(c2cccc(F)c2)C1c1ccc(O)c([N+](=O)[O-])c1)c1cccs1. The molecule has 10 heteroatoms. The number of thiophene rings is 1. The molecule has 0 fully saturated rings. The molecule has 1 aromatic heterocycles. The molecule has 1 aliphatic heterocycles. The van der Waals surface area contributed by atoms with Gasteiger partial charge in [-0.3, -0.25) is 24.6 Å². The van der Waals surface area contributed by atoms with Gasteiger partial charge in [0, 0.05) is 11.8 Å². The molecule has 1 atom stereocenters. The van der Waals surface area contributed by atoms with Crippen LogP contribution in [-0.2, 0) is 4.79 Å². The first-order chi connectivity index (χ1) is 14.8. The van der Waals surface area contributed by atoms with Gasteiger partial charge in [0.15, 0.2) is 11.5 Å². The van der Waals surface area contributed by atoms with Crippen LogP contribution in [0.25, 0.3) is 0 Å². The van der Waals surface area contributed by atoms with Gasteiger partial charge in [-0.15, -0.1) is 11.3 Å². The van der Waals surface area contributed by atoms with Crippen LogP contribution in [-0.4, -0.2) is 26.8 Å². The molecule has 156 valence electrons. The van der Waals surface area contributed by atoms with E-state index < -0.39 is 45.7 Å². The molecule has 8 nitrogen and oxygen atoms in total. The highest BCUT2D eigenvalue weighted by Crippen LogP contribution is 2.44. The van der Waals surface area contributed by atoms with Gasteiger partial charge in [0.25, 0.3) is 5.91 Å². The minimum Gasteiger partial charge on any atom is -0.503 e. The van der Waals surface area contributed by atoms with Crippen LogP contribution in [0.15, 0.2) is 71.3 Å². The van der Waals surface area contributed by atoms with Crippen LogP contribution >= 0.6 is 11.3 Å². The summed E-state index contributed by atoms with van der Waals surface area (Å²) >= 11 is 1.10. The van der Waals surface area contributed by atoms with Crippen molar-refractivity contribution in [2.45, 2.75) is 6.04 Å². The van der Waals surface area contributed by atoms with Crippen LogP contribution < -0.4 is 4.90 Å². The lowest BCUT2D eigenvalue weighted by molar-refractivity contribution is -0.385. The molecule has 3 aromatic rings. The number of carbonyl (C=O) groups is 2. The molecule has 0 spiro atoms. The lowest BCUT2D eigenvalue weighted by Crippen LogP contribution is -2.31. The van der Waals surface area contributed by atoms with Crippen LogP contribution in [0.3, 0.4) is 0 Å². The summed E-state index contributed by atoms with van der Waals surface area (Å²) in [6.07, 6.45) is 0. The Morgan fingerprint density at radius 2 is 1.90 bits per heavy atom. The molecule has 1 amide bonds. The number of Topliss-reactive ketones (excluding diaryl/α,β-unsaturated/α-hetero) is 1. The fourth-order valence-electron chi connectivity index (χ4n) is 3.44. The highest BCUT2D eigenvalue weighted by molar-refractivity contribution is 7.12. The highest BCUT2D eigenvalue weighted by Gasteiger charge is 2.45. The summed E-state index contributed by atoms with van der Waals surface area (Å²) in [6.45, 7) is 0. The predicted molar refractivity (Wildman–Crippen MR) is 110 cm³/mol. The number of benzene rings is 2. The maximum atomic E-state index is 13.9. The number of amides is 1. The third-order valence-corrected chi connectivity index (χ3v) is 5.66. The zero-order valence-electron chi connectivity index (χ0n) is 15.6. The zero-order valence-corrected chi connectivity index (χ0v) is 16.4. The van der Waals surface area contributed by atoms with Gasteiger partial charge in [-0.2, -0.15) is 0 Å². The molecule has 2 heterocycles. The summed E-state index contributed by atoms with van der Waals surface area (Å²) in [5, 5.41) is 33.3. The molecule has 1 aliphatic rings. The van der Waals surface area contributed by atoms with Crippen LogP contribution in [0.5, 0.6) is 5.75 Å². The quantitative estimate of drug-likeness (QED) is 0.347. The van der Waals surface area contributed by atoms with E-state index in [0.717, 1.165) is 40.5 Å². The van der Waals surface area contributed by atoms with Crippen molar-refractivity contribution in [3.63, 3.8) is 0 Å². The van der Waals surface area contributed by atoms with Crippen molar-refractivity contribution in [1.29, 1.82) is 0 Å². The molecule has 4 rings (SSSR count). The van der Waals surface area contributed by atoms with E-state index in [0.29, 0.717) is 0 Å². The number of hydrogen-bond donors (Lipinski definition) is 2. The van der Waals surface area contributed by atoms with Crippen LogP contribution in [0.2, 0.25) is 0 Å². The molecule has 0 aliphatic carbocycles. The minimum atomic E-state index is -1.27. The zero-order chi connectivity index (χ0) is 22.3. The molecular formula is C21H13FN2O6S. The van der Waals surface area contributed by atoms with Crippen LogP contribution in [0.1, 0.15) is 21.3 Å². The van der Waals surface area contributed by atoms with E-state index in [9.17, 15) is 34.3 Å². The monoisotopic (exact) mass is 440 g/mol. The summed E-state index contributed by atoms with van der Waals surface area (Å²) in [7, 11) is 0. The number of aliphatic hydroxyl groups is 1. The second-order valence-electron chi connectivity index (χ2n) is 6.63. The Morgan fingerprint density at radius 1 is 1.13 bits per heavy atom. The van der Waals surface area contributed by atoms with E-state index in [4.69, 9.17) is 0 Å². The van der Waals surface area contributed by atoms with Crippen molar-refractivity contribution in [2.75, 3.05) is 4.90 Å². The first kappa shape index (κ1) is 20.2. The lowest BCUT2D eigenvalue weighted by atomic mass is 9.94. The van der Waals surface area contributed by atoms with E-state index in [1.54, 1.807) is 11.4 Å². The molecule has 0 bridgehead atoms. The number of anilines is 1. The summed E-state index contributed by atoms with van der Waals surface area (Å²) in [4.78, 5) is 37.8. The number of halogens is 1. The first-order valence-corrected chi connectivity index (χ1v) is 9.75. The van der Waals surface area contributed by atoms with E-state index in [2.05, 4.69) is 0 Å². The predicted octanol–water partition coefficient (Wildman–Crippen LogP) is 4.28. The topological polar surface area (TPSA) is 121 Å². The molecule has 0 radical (unpaired) electrons. The van der Waals surface area contributed by atoms with Gasteiger partial charge in [-0.25, -0.2) is 4.39 Å². The van der Waals surface area contributed by atoms with Gasteiger partial charge in [0.2, 0.25) is 5.78 Å². The van der Waals surface area contributed by atoms with Gasteiger partial charge in [-0.05, 0) is 41.3 Å². The summed E-state index contributed by atoms with van der Waals surface area (Å²) in [5.74, 6) is -3.68. The molecule has 2 aromatic carbocycles. The number of phenolic OH excluding ortho intramolecular Hbond substituents is 1. The molecule has 2 N–H and O–H groups in total. The molecule has 31 heavy (non-hydrogen) atoms. The van der Waals surface area contributed by atoms with Crippen molar-refractivity contribution in [3.8, 4) is 5.75 Å². The fourth-order valence-corrected chi connectivity index (χ4v) is 4.12. The Labute approximate surface area is 178 Å². The number of carbonyl (C=O) groups excluding carboxylic acids is 2. The van der Waals surface area contributed by atoms with Crippen molar-refractivity contribution >= 4 is 34.4 Å². The number of aromatic hydroxyl groups is 1.